The molecule has 0 atom stereocenters. The smallest absolute Gasteiger partial charge is 0.416 e. The number of thioether (sulfide) groups is 1. The topological polar surface area (TPSA) is 41.9 Å². The van der Waals surface area contributed by atoms with Crippen LogP contribution in [-0.4, -0.2) is 23.9 Å². The Kier molecular flexibility index (Phi) is 5.79. The third-order valence-corrected chi connectivity index (χ3v) is 4.60. The molecule has 0 saturated heterocycles. The summed E-state index contributed by atoms with van der Waals surface area (Å²) < 4.78 is 43.5. The molecule has 1 aliphatic rings. The van der Waals surface area contributed by atoms with Gasteiger partial charge in [0.1, 0.15) is 11.4 Å². The third-order valence-electron chi connectivity index (χ3n) is 3.96. The normalized spacial score (nSPS) is 15.9. The molecule has 0 aromatic heterocycles. The van der Waals surface area contributed by atoms with E-state index in [4.69, 9.17) is 4.74 Å². The molecule has 0 aliphatic carbocycles. The Bertz CT molecular complexity index is 920. The van der Waals surface area contributed by atoms with Gasteiger partial charge in [0.05, 0.1) is 17.9 Å². The van der Waals surface area contributed by atoms with E-state index in [2.05, 4.69) is 4.99 Å². The van der Waals surface area contributed by atoms with Crippen molar-refractivity contribution in [3.05, 3.63) is 65.4 Å². The summed E-state index contributed by atoms with van der Waals surface area (Å²) in [5, 5.41) is 0.493. The van der Waals surface area contributed by atoms with E-state index in [-0.39, 0.29) is 11.6 Å². The van der Waals surface area contributed by atoms with Gasteiger partial charge in [-0.1, -0.05) is 23.9 Å². The van der Waals surface area contributed by atoms with Crippen LogP contribution in [0.15, 0.2) is 59.2 Å². The number of aliphatic imine (C=N–C) groups is 1. The molecule has 1 aliphatic heterocycles. The Morgan fingerprint density at radius 1 is 1.11 bits per heavy atom. The number of rotatable bonds is 4. The van der Waals surface area contributed by atoms with Gasteiger partial charge in [0.15, 0.2) is 5.17 Å². The molecule has 4 nitrogen and oxygen atoms in total. The predicted octanol–water partition coefficient (Wildman–Crippen LogP) is 5.21. The highest BCUT2D eigenvalue weighted by molar-refractivity contribution is 8.13. The van der Waals surface area contributed by atoms with Gasteiger partial charge < -0.3 is 4.74 Å². The molecule has 146 valence electrons. The van der Waals surface area contributed by atoms with Gasteiger partial charge in [0.25, 0.3) is 5.91 Å². The first-order chi connectivity index (χ1) is 13.3. The summed E-state index contributed by atoms with van der Waals surface area (Å²) in [6.07, 6.45) is -1.12. The Morgan fingerprint density at radius 3 is 2.29 bits per heavy atom. The second-order valence-corrected chi connectivity index (χ2v) is 6.59. The molecule has 0 spiro atoms. The molecule has 2 aromatic carbocycles. The highest BCUT2D eigenvalue weighted by atomic mass is 32.2. The van der Waals surface area contributed by atoms with E-state index in [9.17, 15) is 18.0 Å². The van der Waals surface area contributed by atoms with Crippen molar-refractivity contribution in [1.82, 2.24) is 0 Å². The zero-order valence-electron chi connectivity index (χ0n) is 15.2. The van der Waals surface area contributed by atoms with Crippen LogP contribution in [0.3, 0.4) is 0 Å². The molecule has 28 heavy (non-hydrogen) atoms. The summed E-state index contributed by atoms with van der Waals surface area (Å²) in [4.78, 5) is 18.6. The fraction of sp³-hybridized carbons (Fsp3) is 0.200. The van der Waals surface area contributed by atoms with Crippen LogP contribution in [0.5, 0.6) is 5.75 Å². The maximum atomic E-state index is 12.8. The van der Waals surface area contributed by atoms with Gasteiger partial charge in [0, 0.05) is 0 Å². The Morgan fingerprint density at radius 2 is 1.75 bits per heavy atom. The van der Waals surface area contributed by atoms with Gasteiger partial charge in [-0.25, -0.2) is 4.99 Å². The first-order valence-corrected chi connectivity index (χ1v) is 9.65. The lowest BCUT2D eigenvalue weighted by atomic mass is 10.1. The predicted molar refractivity (Wildman–Crippen MR) is 105 cm³/mol. The van der Waals surface area contributed by atoms with Crippen molar-refractivity contribution in [2.24, 2.45) is 4.99 Å². The Balaban J connectivity index is 1.87. The van der Waals surface area contributed by atoms with E-state index >= 15 is 0 Å². The number of alkyl halides is 3. The average Bonchev–Trinajstić information content (AvgIpc) is 2.98. The molecule has 1 amide bonds. The SMILES string of the molecule is CCOc1ccc(N2C(=O)/C(=C\c3ccc(C(F)(F)F)cc3)N=C2SC)cc1. The number of amides is 1. The summed E-state index contributed by atoms with van der Waals surface area (Å²) in [5.74, 6) is 0.356. The number of hydrogen-bond donors (Lipinski definition) is 0. The lowest BCUT2D eigenvalue weighted by Crippen LogP contribution is -2.29. The second kappa shape index (κ2) is 8.10. The molecule has 0 fully saturated rings. The lowest BCUT2D eigenvalue weighted by Gasteiger charge is -2.17. The van der Waals surface area contributed by atoms with Crippen LogP contribution in [-0.2, 0) is 11.0 Å². The molecular formula is C20H17F3N2O2S. The number of ether oxygens (including phenoxy) is 1. The zero-order valence-corrected chi connectivity index (χ0v) is 16.0. The maximum absolute atomic E-state index is 12.8. The van der Waals surface area contributed by atoms with Gasteiger partial charge in [-0.2, -0.15) is 13.2 Å². The molecule has 1 heterocycles. The van der Waals surface area contributed by atoms with Crippen molar-refractivity contribution < 1.29 is 22.7 Å². The van der Waals surface area contributed by atoms with Crippen molar-refractivity contribution in [3.8, 4) is 5.75 Å². The van der Waals surface area contributed by atoms with E-state index in [0.717, 1.165) is 12.1 Å². The molecule has 2 aromatic rings. The van der Waals surface area contributed by atoms with Crippen molar-refractivity contribution in [2.45, 2.75) is 13.1 Å². The fourth-order valence-electron chi connectivity index (χ4n) is 2.65. The number of hydrogen-bond acceptors (Lipinski definition) is 4. The van der Waals surface area contributed by atoms with Gasteiger partial charge in [-0.15, -0.1) is 0 Å². The van der Waals surface area contributed by atoms with Crippen LogP contribution in [0.4, 0.5) is 18.9 Å². The molecule has 3 rings (SSSR count). The molecule has 0 saturated carbocycles. The first-order valence-electron chi connectivity index (χ1n) is 8.42. The van der Waals surface area contributed by atoms with Crippen LogP contribution in [0.2, 0.25) is 0 Å². The lowest BCUT2D eigenvalue weighted by molar-refractivity contribution is -0.137. The van der Waals surface area contributed by atoms with Crippen LogP contribution in [0.1, 0.15) is 18.1 Å². The first kappa shape index (κ1) is 20.0. The molecular weight excluding hydrogens is 389 g/mol. The van der Waals surface area contributed by atoms with E-state index in [1.165, 1.54) is 34.9 Å². The summed E-state index contributed by atoms with van der Waals surface area (Å²) in [7, 11) is 0. The van der Waals surface area contributed by atoms with E-state index in [0.29, 0.717) is 28.8 Å². The van der Waals surface area contributed by atoms with Gasteiger partial charge in [-0.3, -0.25) is 9.69 Å². The third kappa shape index (κ3) is 4.22. The highest BCUT2D eigenvalue weighted by Crippen LogP contribution is 2.31. The number of amidine groups is 1. The number of halogens is 3. The van der Waals surface area contributed by atoms with Crippen LogP contribution >= 0.6 is 11.8 Å². The van der Waals surface area contributed by atoms with Crippen molar-refractivity contribution in [1.29, 1.82) is 0 Å². The number of benzene rings is 2. The summed E-state index contributed by atoms with van der Waals surface area (Å²) in [6, 6.07) is 11.6. The Hall–Kier alpha value is -2.74. The molecule has 0 unspecified atom stereocenters. The molecule has 0 radical (unpaired) electrons. The number of carbonyl (C=O) groups is 1. The number of anilines is 1. The van der Waals surface area contributed by atoms with Crippen molar-refractivity contribution >= 4 is 34.6 Å². The minimum absolute atomic E-state index is 0.165. The molecule has 0 N–H and O–H groups in total. The number of carbonyl (C=O) groups excluding carboxylic acids is 1. The summed E-state index contributed by atoms with van der Waals surface area (Å²) in [5.41, 5.74) is 0.529. The minimum atomic E-state index is -4.40. The van der Waals surface area contributed by atoms with Crippen molar-refractivity contribution in [2.75, 3.05) is 17.8 Å². The maximum Gasteiger partial charge on any atom is 0.416 e. The van der Waals surface area contributed by atoms with Gasteiger partial charge in [-0.05, 0) is 61.2 Å². The highest BCUT2D eigenvalue weighted by Gasteiger charge is 2.32. The molecule has 0 bridgehead atoms. The average molecular weight is 406 g/mol. The second-order valence-electron chi connectivity index (χ2n) is 5.82. The Labute approximate surface area is 164 Å². The number of nitrogens with zero attached hydrogens (tertiary/aromatic N) is 2. The minimum Gasteiger partial charge on any atom is -0.494 e. The zero-order chi connectivity index (χ0) is 20.3. The van der Waals surface area contributed by atoms with E-state index < -0.39 is 11.7 Å². The van der Waals surface area contributed by atoms with Gasteiger partial charge >= 0.3 is 6.18 Å². The van der Waals surface area contributed by atoms with Crippen LogP contribution in [0, 0.1) is 0 Å². The largest absolute Gasteiger partial charge is 0.494 e. The fourth-order valence-corrected chi connectivity index (χ4v) is 3.21. The van der Waals surface area contributed by atoms with E-state index in [1.807, 2.05) is 6.92 Å². The van der Waals surface area contributed by atoms with Crippen LogP contribution < -0.4 is 9.64 Å². The molecule has 8 heteroatoms. The van der Waals surface area contributed by atoms with Gasteiger partial charge in [0.2, 0.25) is 0 Å². The quantitative estimate of drug-likeness (QED) is 0.655. The van der Waals surface area contributed by atoms with E-state index in [1.54, 1.807) is 30.5 Å². The van der Waals surface area contributed by atoms with Crippen molar-refractivity contribution in [3.63, 3.8) is 0 Å². The summed E-state index contributed by atoms with van der Waals surface area (Å²) in [6.45, 7) is 2.42. The standard InChI is InChI=1S/C20H17F3N2O2S/c1-3-27-16-10-8-15(9-11-16)25-18(26)17(24-19(25)28-2)12-13-4-6-14(7-5-13)20(21,22)23/h4-12H,3H2,1-2H3/b17-12+. The summed E-state index contributed by atoms with van der Waals surface area (Å²) >= 11 is 1.31. The monoisotopic (exact) mass is 406 g/mol. The van der Waals surface area contributed by atoms with Crippen LogP contribution in [0.25, 0.3) is 6.08 Å².